The molecule has 0 saturated carbocycles. The van der Waals surface area contributed by atoms with Crippen LogP contribution >= 0.6 is 0 Å². The van der Waals surface area contributed by atoms with Crippen LogP contribution in [-0.4, -0.2) is 37.1 Å². The zero-order chi connectivity index (χ0) is 15.8. The van der Waals surface area contributed by atoms with Gasteiger partial charge in [-0.05, 0) is 12.3 Å². The normalized spacial score (nSPS) is 10.3. The Morgan fingerprint density at radius 3 is 2.71 bits per heavy atom. The van der Waals surface area contributed by atoms with Gasteiger partial charge in [0.15, 0.2) is 17.2 Å². The fourth-order valence-electron chi connectivity index (χ4n) is 1.54. The Labute approximate surface area is 123 Å². The van der Waals surface area contributed by atoms with Crippen LogP contribution in [-0.2, 0) is 4.79 Å². The van der Waals surface area contributed by atoms with E-state index in [9.17, 15) is 9.59 Å². The highest BCUT2D eigenvalue weighted by Crippen LogP contribution is 2.29. The van der Waals surface area contributed by atoms with Crippen LogP contribution in [0, 0.1) is 5.92 Å². The highest BCUT2D eigenvalue weighted by molar-refractivity contribution is 6.05. The minimum absolute atomic E-state index is 0.0126. The van der Waals surface area contributed by atoms with Crippen LogP contribution in [0.2, 0.25) is 0 Å². The molecule has 2 amide bonds. The highest BCUT2D eigenvalue weighted by atomic mass is 16.5. The smallest absolute Gasteiger partial charge is 0.280 e. The third kappa shape index (κ3) is 5.03. The van der Waals surface area contributed by atoms with Crippen molar-refractivity contribution < 1.29 is 19.1 Å². The third-order valence-corrected chi connectivity index (χ3v) is 2.68. The van der Waals surface area contributed by atoms with Crippen LogP contribution in [0.15, 0.2) is 12.3 Å². The molecular formula is C14H21N3O4. The van der Waals surface area contributed by atoms with Crippen molar-refractivity contribution in [3.05, 3.63) is 18.0 Å². The number of methoxy groups -OCH3 is 1. The second-order valence-electron chi connectivity index (χ2n) is 4.80. The van der Waals surface area contributed by atoms with Gasteiger partial charge in [0.2, 0.25) is 5.91 Å². The van der Waals surface area contributed by atoms with Crippen molar-refractivity contribution in [1.82, 2.24) is 10.3 Å². The number of hydrogen-bond donors (Lipinski definition) is 2. The largest absolute Gasteiger partial charge is 0.491 e. The molecule has 7 heteroatoms. The molecule has 0 saturated heterocycles. The van der Waals surface area contributed by atoms with Gasteiger partial charge in [0.1, 0.15) is 0 Å². The standard InChI is InChI=1S/C14H21N3O4/c1-9(2)5-7-21-10-4-6-16-12(13(10)20-3)14(19)17-11(18)8-15/h4,6,9H,5,7-8,15H2,1-3H3,(H,17,18,19). The van der Waals surface area contributed by atoms with Crippen molar-refractivity contribution in [2.75, 3.05) is 20.3 Å². The van der Waals surface area contributed by atoms with E-state index >= 15 is 0 Å². The fraction of sp³-hybridized carbons (Fsp3) is 0.500. The molecule has 0 aliphatic heterocycles. The quantitative estimate of drug-likeness (QED) is 0.768. The highest BCUT2D eigenvalue weighted by Gasteiger charge is 2.20. The first kappa shape index (κ1) is 16.9. The Hall–Kier alpha value is -2.15. The van der Waals surface area contributed by atoms with Crippen molar-refractivity contribution in [2.45, 2.75) is 20.3 Å². The van der Waals surface area contributed by atoms with Gasteiger partial charge in [-0.15, -0.1) is 0 Å². The molecule has 0 aliphatic carbocycles. The van der Waals surface area contributed by atoms with Gasteiger partial charge in [0, 0.05) is 12.3 Å². The van der Waals surface area contributed by atoms with E-state index in [0.717, 1.165) is 6.42 Å². The number of nitrogens with zero attached hydrogens (tertiary/aromatic N) is 1. The topological polar surface area (TPSA) is 104 Å². The lowest BCUT2D eigenvalue weighted by Crippen LogP contribution is -2.36. The maximum Gasteiger partial charge on any atom is 0.280 e. The summed E-state index contributed by atoms with van der Waals surface area (Å²) >= 11 is 0. The fourth-order valence-corrected chi connectivity index (χ4v) is 1.54. The monoisotopic (exact) mass is 295 g/mol. The predicted octanol–water partition coefficient (Wildman–Crippen LogP) is 0.730. The molecule has 0 unspecified atom stereocenters. The van der Waals surface area contributed by atoms with Gasteiger partial charge in [-0.1, -0.05) is 13.8 Å². The summed E-state index contributed by atoms with van der Waals surface area (Å²) in [6.07, 6.45) is 2.30. The molecule has 0 aliphatic rings. The van der Waals surface area contributed by atoms with Crippen LogP contribution in [0.4, 0.5) is 0 Å². The number of carbonyl (C=O) groups is 2. The molecule has 0 bridgehead atoms. The molecule has 116 valence electrons. The van der Waals surface area contributed by atoms with E-state index in [-0.39, 0.29) is 18.0 Å². The number of imide groups is 1. The van der Waals surface area contributed by atoms with E-state index in [1.807, 2.05) is 0 Å². The number of amides is 2. The number of carbonyl (C=O) groups excluding carboxylic acids is 2. The molecular weight excluding hydrogens is 274 g/mol. The van der Waals surface area contributed by atoms with Crippen molar-refractivity contribution >= 4 is 11.8 Å². The lowest BCUT2D eigenvalue weighted by molar-refractivity contribution is -0.118. The summed E-state index contributed by atoms with van der Waals surface area (Å²) in [5.74, 6) is -0.142. The van der Waals surface area contributed by atoms with E-state index in [1.54, 1.807) is 6.07 Å². The predicted molar refractivity (Wildman–Crippen MR) is 77.3 cm³/mol. The zero-order valence-electron chi connectivity index (χ0n) is 12.5. The summed E-state index contributed by atoms with van der Waals surface area (Å²) in [5, 5.41) is 2.12. The second kappa shape index (κ2) is 8.21. The van der Waals surface area contributed by atoms with Gasteiger partial charge >= 0.3 is 0 Å². The van der Waals surface area contributed by atoms with Crippen LogP contribution in [0.25, 0.3) is 0 Å². The van der Waals surface area contributed by atoms with E-state index in [0.29, 0.717) is 18.3 Å². The number of ether oxygens (including phenoxy) is 2. The lowest BCUT2D eigenvalue weighted by Gasteiger charge is -2.13. The van der Waals surface area contributed by atoms with Gasteiger partial charge in [0.25, 0.3) is 5.91 Å². The van der Waals surface area contributed by atoms with Crippen molar-refractivity contribution in [1.29, 1.82) is 0 Å². The third-order valence-electron chi connectivity index (χ3n) is 2.68. The molecule has 3 N–H and O–H groups in total. The molecule has 1 aromatic heterocycles. The van der Waals surface area contributed by atoms with Gasteiger partial charge in [-0.25, -0.2) is 4.98 Å². The van der Waals surface area contributed by atoms with Crippen molar-refractivity contribution in [3.63, 3.8) is 0 Å². The average Bonchev–Trinajstić information content (AvgIpc) is 2.46. The van der Waals surface area contributed by atoms with E-state index in [4.69, 9.17) is 15.2 Å². The van der Waals surface area contributed by atoms with Gasteiger partial charge in [-0.2, -0.15) is 0 Å². The first-order chi connectivity index (χ1) is 9.99. The van der Waals surface area contributed by atoms with Crippen molar-refractivity contribution in [3.8, 4) is 11.5 Å². The molecule has 0 fully saturated rings. The second-order valence-corrected chi connectivity index (χ2v) is 4.80. The van der Waals surface area contributed by atoms with E-state index < -0.39 is 11.8 Å². The summed E-state index contributed by atoms with van der Waals surface area (Å²) in [6, 6.07) is 1.61. The Morgan fingerprint density at radius 1 is 1.43 bits per heavy atom. The first-order valence-electron chi connectivity index (χ1n) is 6.69. The van der Waals surface area contributed by atoms with Crippen LogP contribution in [0.3, 0.4) is 0 Å². The van der Waals surface area contributed by atoms with E-state index in [1.165, 1.54) is 13.3 Å². The summed E-state index contributed by atoms with van der Waals surface area (Å²) < 4.78 is 10.8. The molecule has 1 rings (SSSR count). The summed E-state index contributed by atoms with van der Waals surface area (Å²) in [4.78, 5) is 27.0. The number of aromatic nitrogens is 1. The molecule has 0 atom stereocenters. The number of nitrogens with one attached hydrogen (secondary N) is 1. The molecule has 0 aromatic carbocycles. The van der Waals surface area contributed by atoms with Crippen LogP contribution in [0.5, 0.6) is 11.5 Å². The van der Waals surface area contributed by atoms with Crippen molar-refractivity contribution in [2.24, 2.45) is 11.7 Å². The Morgan fingerprint density at radius 2 is 2.14 bits per heavy atom. The number of rotatable bonds is 7. The maximum atomic E-state index is 11.9. The average molecular weight is 295 g/mol. The number of pyridine rings is 1. The van der Waals surface area contributed by atoms with Gasteiger partial charge in [0.05, 0.1) is 20.3 Å². The lowest BCUT2D eigenvalue weighted by atomic mass is 10.1. The Kier molecular flexibility index (Phi) is 6.61. The summed E-state index contributed by atoms with van der Waals surface area (Å²) in [7, 11) is 1.41. The Balaban J connectivity index is 2.90. The minimum Gasteiger partial charge on any atom is -0.491 e. The van der Waals surface area contributed by atoms with Crippen LogP contribution < -0.4 is 20.5 Å². The van der Waals surface area contributed by atoms with Gasteiger partial charge in [-0.3, -0.25) is 14.9 Å². The van der Waals surface area contributed by atoms with Gasteiger partial charge < -0.3 is 15.2 Å². The number of hydrogen-bond acceptors (Lipinski definition) is 6. The first-order valence-corrected chi connectivity index (χ1v) is 6.69. The summed E-state index contributed by atoms with van der Waals surface area (Å²) in [6.45, 7) is 4.40. The summed E-state index contributed by atoms with van der Waals surface area (Å²) in [5.41, 5.74) is 5.14. The SMILES string of the molecule is COc1c(OCCC(C)C)ccnc1C(=O)NC(=O)CN. The molecule has 7 nitrogen and oxygen atoms in total. The number of nitrogens with two attached hydrogens (primary N) is 1. The zero-order valence-corrected chi connectivity index (χ0v) is 12.5. The maximum absolute atomic E-state index is 11.9. The minimum atomic E-state index is -0.670. The molecule has 1 aromatic rings. The molecule has 0 spiro atoms. The Bertz CT molecular complexity index is 503. The molecule has 0 radical (unpaired) electrons. The molecule has 1 heterocycles. The van der Waals surface area contributed by atoms with Crippen LogP contribution in [0.1, 0.15) is 30.8 Å². The van der Waals surface area contributed by atoms with E-state index in [2.05, 4.69) is 24.1 Å². The molecule has 21 heavy (non-hydrogen) atoms.